The van der Waals surface area contributed by atoms with E-state index in [0.29, 0.717) is 22.4 Å². The molecule has 5 nitrogen and oxygen atoms in total. The van der Waals surface area contributed by atoms with Crippen LogP contribution in [0.4, 0.5) is 0 Å². The summed E-state index contributed by atoms with van der Waals surface area (Å²) < 4.78 is 10.5. The van der Waals surface area contributed by atoms with Crippen molar-refractivity contribution >= 4 is 23.1 Å². The van der Waals surface area contributed by atoms with Gasteiger partial charge in [-0.15, -0.1) is 0 Å². The van der Waals surface area contributed by atoms with Gasteiger partial charge in [0.2, 0.25) is 0 Å². The molecule has 0 atom stereocenters. The third-order valence-electron chi connectivity index (χ3n) is 2.23. The number of benzene rings is 1. The van der Waals surface area contributed by atoms with Crippen LogP contribution in [0.2, 0.25) is 0 Å². The molecule has 2 aromatic rings. The second-order valence-electron chi connectivity index (χ2n) is 3.16. The third-order valence-corrected chi connectivity index (χ3v) is 2.44. The van der Waals surface area contributed by atoms with Crippen molar-refractivity contribution in [3.05, 3.63) is 27.3 Å². The average Bonchev–Trinajstić information content (AvgIpc) is 2.26. The molecule has 2 rings (SSSR count). The maximum atomic E-state index is 11.7. The Morgan fingerprint density at radius 1 is 1.19 bits per heavy atom. The molecular formula is C10H10N2O3S. The van der Waals surface area contributed by atoms with E-state index >= 15 is 0 Å². The molecule has 0 aliphatic carbocycles. The van der Waals surface area contributed by atoms with Crippen molar-refractivity contribution in [2.45, 2.75) is 0 Å². The number of rotatable bonds is 2. The van der Waals surface area contributed by atoms with Crippen LogP contribution in [0.5, 0.6) is 11.5 Å². The van der Waals surface area contributed by atoms with Gasteiger partial charge in [0.25, 0.3) is 5.56 Å². The molecular weight excluding hydrogens is 228 g/mol. The Morgan fingerprint density at radius 2 is 1.94 bits per heavy atom. The van der Waals surface area contributed by atoms with Crippen molar-refractivity contribution in [3.8, 4) is 11.5 Å². The fraction of sp³-hybridized carbons (Fsp3) is 0.200. The van der Waals surface area contributed by atoms with E-state index < -0.39 is 0 Å². The first-order valence-electron chi connectivity index (χ1n) is 4.54. The third kappa shape index (κ3) is 1.67. The maximum Gasteiger partial charge on any atom is 0.263 e. The highest BCUT2D eigenvalue weighted by Crippen LogP contribution is 2.27. The summed E-state index contributed by atoms with van der Waals surface area (Å²) in [4.78, 5) is 17.1. The van der Waals surface area contributed by atoms with E-state index in [9.17, 15) is 4.79 Å². The first-order chi connectivity index (χ1) is 7.65. The van der Waals surface area contributed by atoms with Gasteiger partial charge >= 0.3 is 0 Å². The summed E-state index contributed by atoms with van der Waals surface area (Å²) in [6.07, 6.45) is 0. The van der Waals surface area contributed by atoms with Crippen molar-refractivity contribution in [1.29, 1.82) is 0 Å². The van der Waals surface area contributed by atoms with Crippen molar-refractivity contribution < 1.29 is 9.47 Å². The van der Waals surface area contributed by atoms with E-state index in [1.165, 1.54) is 7.11 Å². The number of H-pyrrole nitrogens is 2. The molecule has 0 amide bonds. The van der Waals surface area contributed by atoms with Crippen LogP contribution in [0.3, 0.4) is 0 Å². The molecule has 16 heavy (non-hydrogen) atoms. The van der Waals surface area contributed by atoms with Gasteiger partial charge in [-0.05, 0) is 12.2 Å². The predicted octanol–water partition coefficient (Wildman–Crippen LogP) is 1.60. The van der Waals surface area contributed by atoms with E-state index in [1.807, 2.05) is 0 Å². The summed E-state index contributed by atoms with van der Waals surface area (Å²) in [6.45, 7) is 0. The van der Waals surface area contributed by atoms with Gasteiger partial charge in [0.1, 0.15) is 16.9 Å². The molecule has 0 saturated heterocycles. The molecule has 0 unspecified atom stereocenters. The molecule has 0 fully saturated rings. The minimum absolute atomic E-state index is 0.271. The largest absolute Gasteiger partial charge is 0.497 e. The lowest BCUT2D eigenvalue weighted by atomic mass is 10.2. The Morgan fingerprint density at radius 3 is 2.56 bits per heavy atom. The quantitative estimate of drug-likeness (QED) is 0.780. The molecule has 0 spiro atoms. The normalized spacial score (nSPS) is 10.4. The van der Waals surface area contributed by atoms with Gasteiger partial charge in [0, 0.05) is 12.1 Å². The number of aromatic nitrogens is 2. The Bertz CT molecular complexity index is 645. The number of hydrogen-bond acceptors (Lipinski definition) is 4. The molecule has 1 heterocycles. The molecule has 1 aromatic carbocycles. The molecule has 0 saturated carbocycles. The van der Waals surface area contributed by atoms with Crippen molar-refractivity contribution in [2.24, 2.45) is 0 Å². The van der Waals surface area contributed by atoms with E-state index in [4.69, 9.17) is 21.7 Å². The van der Waals surface area contributed by atoms with Crippen LogP contribution in [0.1, 0.15) is 0 Å². The number of ether oxygens (including phenoxy) is 2. The van der Waals surface area contributed by atoms with E-state index in [-0.39, 0.29) is 10.3 Å². The van der Waals surface area contributed by atoms with Gasteiger partial charge in [0.15, 0.2) is 4.77 Å². The molecule has 0 aliphatic rings. The summed E-state index contributed by atoms with van der Waals surface area (Å²) in [5.41, 5.74) is 0.309. The maximum absolute atomic E-state index is 11.7. The van der Waals surface area contributed by atoms with Crippen LogP contribution in [0.25, 0.3) is 10.9 Å². The molecule has 0 bridgehead atoms. The lowest BCUT2D eigenvalue weighted by molar-refractivity contribution is 0.397. The van der Waals surface area contributed by atoms with Crippen LogP contribution < -0.4 is 15.0 Å². The Labute approximate surface area is 96.0 Å². The standard InChI is InChI=1S/C10H10N2O3S/c1-14-5-3-6-8(7(4-5)15-2)9(13)12-10(16)11-6/h3-4H,1-2H3,(H2,11,12,13,16). The summed E-state index contributed by atoms with van der Waals surface area (Å²) in [7, 11) is 3.04. The highest BCUT2D eigenvalue weighted by Gasteiger charge is 2.09. The Kier molecular flexibility index (Phi) is 2.66. The summed E-state index contributed by atoms with van der Waals surface area (Å²) in [6, 6.07) is 3.34. The summed E-state index contributed by atoms with van der Waals surface area (Å²) >= 11 is 4.89. The average molecular weight is 238 g/mol. The second-order valence-corrected chi connectivity index (χ2v) is 3.57. The minimum atomic E-state index is -0.279. The number of fused-ring (bicyclic) bond motifs is 1. The monoisotopic (exact) mass is 238 g/mol. The van der Waals surface area contributed by atoms with E-state index in [2.05, 4.69) is 9.97 Å². The minimum Gasteiger partial charge on any atom is -0.497 e. The second kappa shape index (κ2) is 3.97. The smallest absolute Gasteiger partial charge is 0.263 e. The van der Waals surface area contributed by atoms with Crippen LogP contribution in [-0.4, -0.2) is 24.2 Å². The highest BCUT2D eigenvalue weighted by molar-refractivity contribution is 7.71. The van der Waals surface area contributed by atoms with Gasteiger partial charge in [-0.1, -0.05) is 0 Å². The van der Waals surface area contributed by atoms with Crippen molar-refractivity contribution in [1.82, 2.24) is 9.97 Å². The molecule has 0 radical (unpaired) electrons. The zero-order valence-corrected chi connectivity index (χ0v) is 9.60. The molecule has 6 heteroatoms. The van der Waals surface area contributed by atoms with Gasteiger partial charge < -0.3 is 14.5 Å². The number of aromatic amines is 2. The number of hydrogen-bond donors (Lipinski definition) is 2. The molecule has 2 N–H and O–H groups in total. The van der Waals surface area contributed by atoms with Gasteiger partial charge in [-0.3, -0.25) is 9.78 Å². The predicted molar refractivity (Wildman–Crippen MR) is 62.9 cm³/mol. The topological polar surface area (TPSA) is 67.1 Å². The van der Waals surface area contributed by atoms with Crippen LogP contribution in [0, 0.1) is 4.77 Å². The first kappa shape index (κ1) is 10.7. The van der Waals surface area contributed by atoms with Gasteiger partial charge in [0.05, 0.1) is 19.7 Å². The summed E-state index contributed by atoms with van der Waals surface area (Å²) in [5, 5.41) is 0.428. The zero-order chi connectivity index (χ0) is 11.7. The Hall–Kier alpha value is -1.82. The van der Waals surface area contributed by atoms with Crippen molar-refractivity contribution in [3.63, 3.8) is 0 Å². The fourth-order valence-corrected chi connectivity index (χ4v) is 1.72. The first-order valence-corrected chi connectivity index (χ1v) is 4.95. The van der Waals surface area contributed by atoms with Gasteiger partial charge in [-0.2, -0.15) is 0 Å². The lowest BCUT2D eigenvalue weighted by Gasteiger charge is -2.07. The SMILES string of the molecule is COc1cc(OC)c2c(=O)[nH]c(=S)[nH]c2c1. The van der Waals surface area contributed by atoms with Crippen molar-refractivity contribution in [2.75, 3.05) is 14.2 Å². The molecule has 84 valence electrons. The number of methoxy groups -OCH3 is 2. The molecule has 0 aliphatic heterocycles. The van der Waals surface area contributed by atoms with E-state index in [0.717, 1.165) is 0 Å². The molecule has 1 aromatic heterocycles. The van der Waals surface area contributed by atoms with Gasteiger partial charge in [-0.25, -0.2) is 0 Å². The van der Waals surface area contributed by atoms with Crippen LogP contribution in [0.15, 0.2) is 16.9 Å². The fourth-order valence-electron chi connectivity index (χ4n) is 1.52. The lowest BCUT2D eigenvalue weighted by Crippen LogP contribution is -2.09. The summed E-state index contributed by atoms with van der Waals surface area (Å²) in [5.74, 6) is 1.04. The van der Waals surface area contributed by atoms with E-state index in [1.54, 1.807) is 19.2 Å². The Balaban J connectivity index is 2.95. The van der Waals surface area contributed by atoms with Crippen LogP contribution in [-0.2, 0) is 0 Å². The van der Waals surface area contributed by atoms with Crippen LogP contribution >= 0.6 is 12.2 Å². The zero-order valence-electron chi connectivity index (χ0n) is 8.79. The number of nitrogens with one attached hydrogen (secondary N) is 2. The highest BCUT2D eigenvalue weighted by atomic mass is 32.1.